The van der Waals surface area contributed by atoms with Gasteiger partial charge in [0.1, 0.15) is 5.57 Å². The summed E-state index contributed by atoms with van der Waals surface area (Å²) in [4.78, 5) is 4.58. The zero-order chi connectivity index (χ0) is 21.3. The van der Waals surface area contributed by atoms with Crippen LogP contribution in [0.25, 0.3) is 5.69 Å². The van der Waals surface area contributed by atoms with Gasteiger partial charge in [-0.25, -0.2) is 4.98 Å². The van der Waals surface area contributed by atoms with Crippen LogP contribution in [0.4, 0.5) is 13.2 Å². The Balaban J connectivity index is 1.98. The molecule has 0 fully saturated rings. The lowest BCUT2D eigenvalue weighted by Gasteiger charge is -2.24. The monoisotopic (exact) mass is 424 g/mol. The number of para-hydroxylation sites is 1. The smallest absolute Gasteiger partial charge is 0.299 e. The Hall–Kier alpha value is -2.91. The van der Waals surface area contributed by atoms with Gasteiger partial charge >= 0.3 is 6.18 Å². The summed E-state index contributed by atoms with van der Waals surface area (Å²) in [5.41, 5.74) is 2.21. The highest BCUT2D eigenvalue weighted by Gasteiger charge is 2.35. The number of imidazole rings is 1. The standard InChI is InChI=1S/C24H20F3N2P/c1-17-9-3-7-13-21(17)30(22-14-8-4-10-18(22)2)23-28-15-16-29(23)20-12-6-5-11-19(20)24(25,26)27/h3-16H,1-2H3. The van der Waals surface area contributed by atoms with Gasteiger partial charge in [0.2, 0.25) is 0 Å². The lowest BCUT2D eigenvalue weighted by molar-refractivity contribution is -0.137. The molecule has 1 heterocycles. The van der Waals surface area contributed by atoms with E-state index in [1.54, 1.807) is 23.0 Å². The molecule has 0 saturated carbocycles. The molecule has 6 heteroatoms. The minimum Gasteiger partial charge on any atom is -0.299 e. The second-order valence-electron chi connectivity index (χ2n) is 7.02. The molecule has 0 spiro atoms. The summed E-state index contributed by atoms with van der Waals surface area (Å²) >= 11 is 0. The first kappa shape index (κ1) is 20.4. The number of rotatable bonds is 4. The van der Waals surface area contributed by atoms with Crippen molar-refractivity contribution >= 4 is 24.1 Å². The Bertz CT molecular complexity index is 1140. The van der Waals surface area contributed by atoms with Crippen molar-refractivity contribution in [1.82, 2.24) is 9.55 Å². The van der Waals surface area contributed by atoms with Crippen molar-refractivity contribution < 1.29 is 13.2 Å². The highest BCUT2D eigenvalue weighted by Crippen LogP contribution is 2.38. The van der Waals surface area contributed by atoms with Gasteiger partial charge in [0.25, 0.3) is 0 Å². The average molecular weight is 424 g/mol. The topological polar surface area (TPSA) is 17.8 Å². The molecule has 1 aromatic heterocycles. The highest BCUT2D eigenvalue weighted by atomic mass is 31.1. The van der Waals surface area contributed by atoms with Crippen LogP contribution in [0.15, 0.2) is 85.2 Å². The van der Waals surface area contributed by atoms with E-state index in [0.29, 0.717) is 5.57 Å². The van der Waals surface area contributed by atoms with Gasteiger partial charge in [-0.1, -0.05) is 60.7 Å². The molecule has 0 aliphatic heterocycles. The van der Waals surface area contributed by atoms with Gasteiger partial charge in [-0.3, -0.25) is 4.57 Å². The fourth-order valence-corrected chi connectivity index (χ4v) is 6.13. The number of hydrogen-bond donors (Lipinski definition) is 0. The van der Waals surface area contributed by atoms with Crippen LogP contribution in [0, 0.1) is 13.8 Å². The number of halogens is 3. The molecule has 0 N–H and O–H groups in total. The Morgan fingerprint density at radius 3 is 1.87 bits per heavy atom. The number of hydrogen-bond acceptors (Lipinski definition) is 1. The third-order valence-electron chi connectivity index (χ3n) is 5.00. The van der Waals surface area contributed by atoms with Gasteiger partial charge in [0, 0.05) is 20.3 Å². The van der Waals surface area contributed by atoms with Gasteiger partial charge in [-0.15, -0.1) is 0 Å². The van der Waals surface area contributed by atoms with E-state index in [-0.39, 0.29) is 5.69 Å². The van der Waals surface area contributed by atoms with Crippen molar-refractivity contribution in [2.24, 2.45) is 0 Å². The molecule has 0 amide bonds. The van der Waals surface area contributed by atoms with Crippen molar-refractivity contribution in [2.75, 3.05) is 0 Å². The van der Waals surface area contributed by atoms with E-state index in [0.717, 1.165) is 27.8 Å². The number of benzene rings is 3. The van der Waals surface area contributed by atoms with Crippen molar-refractivity contribution in [3.05, 3.63) is 102 Å². The van der Waals surface area contributed by atoms with Crippen LogP contribution < -0.4 is 16.2 Å². The molecule has 0 bridgehead atoms. The first-order valence-corrected chi connectivity index (χ1v) is 10.8. The van der Waals surface area contributed by atoms with Crippen LogP contribution in [0.1, 0.15) is 16.7 Å². The molecular weight excluding hydrogens is 404 g/mol. The van der Waals surface area contributed by atoms with Crippen LogP contribution >= 0.6 is 7.92 Å². The second kappa shape index (κ2) is 8.08. The predicted octanol–water partition coefficient (Wildman–Crippen LogP) is 5.27. The van der Waals surface area contributed by atoms with Crippen molar-refractivity contribution in [2.45, 2.75) is 20.0 Å². The number of alkyl halides is 3. The summed E-state index contributed by atoms with van der Waals surface area (Å²) in [6, 6.07) is 21.7. The van der Waals surface area contributed by atoms with E-state index < -0.39 is 19.7 Å². The van der Waals surface area contributed by atoms with E-state index in [2.05, 4.69) is 4.98 Å². The summed E-state index contributed by atoms with van der Waals surface area (Å²) in [6.07, 6.45) is -1.26. The largest absolute Gasteiger partial charge is 0.418 e. The molecule has 0 unspecified atom stereocenters. The second-order valence-corrected chi connectivity index (χ2v) is 9.05. The summed E-state index contributed by atoms with van der Waals surface area (Å²) in [5.74, 6) is 0. The van der Waals surface area contributed by atoms with Crippen LogP contribution in [0.2, 0.25) is 0 Å². The minimum atomic E-state index is -4.45. The SMILES string of the molecule is Cc1ccccc1P(c1ccccc1C)c1nccn1-c1ccccc1C(F)(F)F. The van der Waals surface area contributed by atoms with Gasteiger partial charge in [-0.05, 0) is 47.7 Å². The van der Waals surface area contributed by atoms with Crippen LogP contribution in [-0.2, 0) is 6.18 Å². The fraction of sp³-hybridized carbons (Fsp3) is 0.125. The molecule has 0 radical (unpaired) electrons. The third kappa shape index (κ3) is 3.78. The Labute approximate surface area is 174 Å². The number of nitrogens with zero attached hydrogens (tertiary/aromatic N) is 2. The van der Waals surface area contributed by atoms with Gasteiger partial charge < -0.3 is 0 Å². The normalized spacial score (nSPS) is 11.8. The molecule has 3 aromatic carbocycles. The van der Waals surface area contributed by atoms with E-state index in [9.17, 15) is 13.2 Å². The van der Waals surface area contributed by atoms with Crippen molar-refractivity contribution in [3.8, 4) is 5.69 Å². The third-order valence-corrected chi connectivity index (χ3v) is 7.70. The summed E-state index contributed by atoms with van der Waals surface area (Å²) in [7, 11) is -1.16. The zero-order valence-electron chi connectivity index (χ0n) is 16.6. The van der Waals surface area contributed by atoms with Crippen LogP contribution in [0.5, 0.6) is 0 Å². The van der Waals surface area contributed by atoms with E-state index in [1.807, 2.05) is 62.4 Å². The fourth-order valence-electron chi connectivity index (χ4n) is 3.55. The molecule has 152 valence electrons. The molecule has 4 rings (SSSR count). The molecular formula is C24H20F3N2P. The minimum absolute atomic E-state index is 0.0900. The van der Waals surface area contributed by atoms with E-state index >= 15 is 0 Å². The first-order valence-electron chi connectivity index (χ1n) is 9.49. The highest BCUT2D eigenvalue weighted by molar-refractivity contribution is 7.79. The predicted molar refractivity (Wildman–Crippen MR) is 117 cm³/mol. The Kier molecular flexibility index (Phi) is 5.48. The van der Waals surface area contributed by atoms with E-state index in [1.165, 1.54) is 12.1 Å². The maximum Gasteiger partial charge on any atom is 0.418 e. The first-order chi connectivity index (χ1) is 14.4. The molecule has 30 heavy (non-hydrogen) atoms. The zero-order valence-corrected chi connectivity index (χ0v) is 17.5. The van der Waals surface area contributed by atoms with Crippen LogP contribution in [-0.4, -0.2) is 9.55 Å². The summed E-state index contributed by atoms with van der Waals surface area (Å²) < 4.78 is 42.7. The molecule has 4 aromatic rings. The number of aryl methyl sites for hydroxylation is 2. The Morgan fingerprint density at radius 1 is 0.767 bits per heavy atom. The summed E-state index contributed by atoms with van der Waals surface area (Å²) in [5, 5.41) is 2.16. The van der Waals surface area contributed by atoms with Gasteiger partial charge in [-0.2, -0.15) is 13.2 Å². The molecule has 0 saturated heterocycles. The maximum atomic E-state index is 13.7. The van der Waals surface area contributed by atoms with Crippen LogP contribution in [0.3, 0.4) is 0 Å². The summed E-state index contributed by atoms with van der Waals surface area (Å²) in [6.45, 7) is 4.06. The van der Waals surface area contributed by atoms with Crippen molar-refractivity contribution in [3.63, 3.8) is 0 Å². The maximum absolute atomic E-state index is 13.7. The molecule has 0 atom stereocenters. The molecule has 0 aliphatic carbocycles. The average Bonchev–Trinajstić information content (AvgIpc) is 3.20. The molecule has 2 nitrogen and oxygen atoms in total. The van der Waals surface area contributed by atoms with Crippen molar-refractivity contribution in [1.29, 1.82) is 0 Å². The molecule has 0 aliphatic rings. The quantitative estimate of drug-likeness (QED) is 0.409. The Morgan fingerprint density at radius 2 is 1.30 bits per heavy atom. The van der Waals surface area contributed by atoms with Gasteiger partial charge in [0.05, 0.1) is 11.3 Å². The lowest BCUT2D eigenvalue weighted by atomic mass is 10.1. The van der Waals surface area contributed by atoms with Gasteiger partial charge in [0.15, 0.2) is 0 Å². The lowest BCUT2D eigenvalue weighted by Crippen LogP contribution is -2.30. The number of aromatic nitrogens is 2. The van der Waals surface area contributed by atoms with E-state index in [4.69, 9.17) is 0 Å².